The summed E-state index contributed by atoms with van der Waals surface area (Å²) < 4.78 is 39.0. The van der Waals surface area contributed by atoms with E-state index in [1.807, 2.05) is 32.0 Å². The average molecular weight is 357 g/mol. The van der Waals surface area contributed by atoms with E-state index in [0.29, 0.717) is 0 Å². The SMILES string of the molecule is Cc1cc(C)cc(NCC(=O)Nc2ccc(Cl)cc2C(F)(F)F)c1. The van der Waals surface area contributed by atoms with Gasteiger partial charge in [-0.25, -0.2) is 0 Å². The quantitative estimate of drug-likeness (QED) is 0.807. The second-order valence-corrected chi connectivity index (χ2v) is 5.90. The van der Waals surface area contributed by atoms with Gasteiger partial charge in [-0.1, -0.05) is 17.7 Å². The molecule has 0 atom stereocenters. The lowest BCUT2D eigenvalue weighted by atomic mass is 10.1. The molecule has 2 rings (SSSR count). The van der Waals surface area contributed by atoms with Gasteiger partial charge >= 0.3 is 6.18 Å². The number of aryl methyl sites for hydroxylation is 2. The Balaban J connectivity index is 2.07. The van der Waals surface area contributed by atoms with E-state index in [2.05, 4.69) is 10.6 Å². The van der Waals surface area contributed by atoms with Crippen molar-refractivity contribution in [1.29, 1.82) is 0 Å². The molecule has 128 valence electrons. The molecule has 3 nitrogen and oxygen atoms in total. The molecule has 1 amide bonds. The van der Waals surface area contributed by atoms with Gasteiger partial charge in [0.15, 0.2) is 0 Å². The molecule has 0 saturated carbocycles. The Morgan fingerprint density at radius 3 is 2.29 bits per heavy atom. The number of halogens is 4. The summed E-state index contributed by atoms with van der Waals surface area (Å²) in [4.78, 5) is 11.9. The third kappa shape index (κ3) is 4.89. The third-order valence-electron chi connectivity index (χ3n) is 3.24. The first-order valence-corrected chi connectivity index (χ1v) is 7.52. The topological polar surface area (TPSA) is 41.1 Å². The lowest BCUT2D eigenvalue weighted by Crippen LogP contribution is -2.23. The van der Waals surface area contributed by atoms with Crippen LogP contribution >= 0.6 is 11.6 Å². The summed E-state index contributed by atoms with van der Waals surface area (Å²) in [5.74, 6) is -0.581. The fraction of sp³-hybridized carbons (Fsp3) is 0.235. The highest BCUT2D eigenvalue weighted by atomic mass is 35.5. The van der Waals surface area contributed by atoms with Crippen LogP contribution in [0.1, 0.15) is 16.7 Å². The van der Waals surface area contributed by atoms with Crippen molar-refractivity contribution >= 4 is 28.9 Å². The number of carbonyl (C=O) groups is 1. The summed E-state index contributed by atoms with van der Waals surface area (Å²) in [6.45, 7) is 3.69. The maximum absolute atomic E-state index is 13.0. The van der Waals surface area contributed by atoms with Crippen LogP contribution in [0.5, 0.6) is 0 Å². The molecule has 2 N–H and O–H groups in total. The Kier molecular flexibility index (Phi) is 5.39. The number of carbonyl (C=O) groups excluding carboxylic acids is 1. The van der Waals surface area contributed by atoms with Crippen molar-refractivity contribution in [3.8, 4) is 0 Å². The highest BCUT2D eigenvalue weighted by Gasteiger charge is 2.34. The second kappa shape index (κ2) is 7.13. The van der Waals surface area contributed by atoms with Crippen LogP contribution < -0.4 is 10.6 Å². The molecular formula is C17H16ClF3N2O. The van der Waals surface area contributed by atoms with Crippen LogP contribution in [0.2, 0.25) is 5.02 Å². The van der Waals surface area contributed by atoms with Crippen LogP contribution in [0.4, 0.5) is 24.5 Å². The molecule has 2 aromatic carbocycles. The molecule has 0 fully saturated rings. The Morgan fingerprint density at radius 1 is 1.08 bits per heavy atom. The van der Waals surface area contributed by atoms with Crippen molar-refractivity contribution in [3.05, 3.63) is 58.1 Å². The standard InChI is InChI=1S/C17H16ClF3N2O/c1-10-5-11(2)7-13(6-10)22-9-16(24)23-15-4-3-12(18)8-14(15)17(19,20)21/h3-8,22H,9H2,1-2H3,(H,23,24). The van der Waals surface area contributed by atoms with Gasteiger partial charge in [-0.05, 0) is 55.3 Å². The van der Waals surface area contributed by atoms with Gasteiger partial charge in [-0.3, -0.25) is 4.79 Å². The van der Waals surface area contributed by atoms with Gasteiger partial charge in [-0.15, -0.1) is 0 Å². The zero-order valence-electron chi connectivity index (χ0n) is 13.1. The van der Waals surface area contributed by atoms with E-state index in [-0.39, 0.29) is 17.3 Å². The Hall–Kier alpha value is -2.21. The number of nitrogens with one attached hydrogen (secondary N) is 2. The van der Waals surface area contributed by atoms with E-state index in [9.17, 15) is 18.0 Å². The van der Waals surface area contributed by atoms with Crippen LogP contribution in [0.15, 0.2) is 36.4 Å². The highest BCUT2D eigenvalue weighted by Crippen LogP contribution is 2.36. The monoisotopic (exact) mass is 356 g/mol. The van der Waals surface area contributed by atoms with Gasteiger partial charge in [0.05, 0.1) is 17.8 Å². The molecule has 0 heterocycles. The largest absolute Gasteiger partial charge is 0.418 e. The Bertz CT molecular complexity index is 740. The Labute approximate surface area is 142 Å². The highest BCUT2D eigenvalue weighted by molar-refractivity contribution is 6.30. The molecule has 0 saturated heterocycles. The molecule has 0 unspecified atom stereocenters. The summed E-state index contributed by atoms with van der Waals surface area (Å²) in [7, 11) is 0. The van der Waals surface area contributed by atoms with E-state index in [1.165, 1.54) is 6.07 Å². The molecule has 0 bridgehead atoms. The average Bonchev–Trinajstić information content (AvgIpc) is 2.45. The van der Waals surface area contributed by atoms with E-state index < -0.39 is 17.6 Å². The number of benzene rings is 2. The zero-order valence-corrected chi connectivity index (χ0v) is 13.8. The fourth-order valence-electron chi connectivity index (χ4n) is 2.31. The molecule has 7 heteroatoms. The molecule has 0 aromatic heterocycles. The van der Waals surface area contributed by atoms with Gasteiger partial charge in [0.25, 0.3) is 0 Å². The minimum Gasteiger partial charge on any atom is -0.376 e. The number of anilines is 2. The number of alkyl halides is 3. The summed E-state index contributed by atoms with van der Waals surface area (Å²) in [5, 5.41) is 5.11. The van der Waals surface area contributed by atoms with Crippen molar-refractivity contribution in [1.82, 2.24) is 0 Å². The summed E-state index contributed by atoms with van der Waals surface area (Å²) in [6.07, 6.45) is -4.60. The predicted molar refractivity (Wildman–Crippen MR) is 89.5 cm³/mol. The lowest BCUT2D eigenvalue weighted by molar-refractivity contribution is -0.137. The molecule has 24 heavy (non-hydrogen) atoms. The maximum atomic E-state index is 13.0. The van der Waals surface area contributed by atoms with Crippen molar-refractivity contribution < 1.29 is 18.0 Å². The fourth-order valence-corrected chi connectivity index (χ4v) is 2.49. The van der Waals surface area contributed by atoms with Crippen LogP contribution in [-0.2, 0) is 11.0 Å². The van der Waals surface area contributed by atoms with Crippen molar-refractivity contribution in [3.63, 3.8) is 0 Å². The minimum atomic E-state index is -4.60. The summed E-state index contributed by atoms with van der Waals surface area (Å²) in [6, 6.07) is 8.90. The number of amides is 1. The van der Waals surface area contributed by atoms with E-state index in [4.69, 9.17) is 11.6 Å². The van der Waals surface area contributed by atoms with Gasteiger partial charge in [0.1, 0.15) is 0 Å². The normalized spacial score (nSPS) is 11.2. The summed E-state index contributed by atoms with van der Waals surface area (Å²) >= 11 is 5.61. The second-order valence-electron chi connectivity index (χ2n) is 5.47. The van der Waals surface area contributed by atoms with E-state index in [0.717, 1.165) is 28.9 Å². The molecule has 2 aromatic rings. The number of hydrogen-bond donors (Lipinski definition) is 2. The van der Waals surface area contributed by atoms with Gasteiger partial charge < -0.3 is 10.6 Å². The molecule has 0 spiro atoms. The molecule has 0 aliphatic carbocycles. The van der Waals surface area contributed by atoms with Crippen LogP contribution in [-0.4, -0.2) is 12.5 Å². The first kappa shape index (κ1) is 18.1. The number of hydrogen-bond acceptors (Lipinski definition) is 2. The van der Waals surface area contributed by atoms with E-state index >= 15 is 0 Å². The van der Waals surface area contributed by atoms with E-state index in [1.54, 1.807) is 0 Å². The van der Waals surface area contributed by atoms with Crippen molar-refractivity contribution in [2.24, 2.45) is 0 Å². The molecule has 0 aliphatic rings. The first-order valence-electron chi connectivity index (χ1n) is 7.14. The van der Waals surface area contributed by atoms with Crippen LogP contribution in [0, 0.1) is 13.8 Å². The van der Waals surface area contributed by atoms with Crippen LogP contribution in [0.3, 0.4) is 0 Å². The van der Waals surface area contributed by atoms with Crippen LogP contribution in [0.25, 0.3) is 0 Å². The maximum Gasteiger partial charge on any atom is 0.418 e. The lowest BCUT2D eigenvalue weighted by Gasteiger charge is -2.15. The molecular weight excluding hydrogens is 341 g/mol. The Morgan fingerprint density at radius 2 is 1.71 bits per heavy atom. The first-order chi connectivity index (χ1) is 11.1. The smallest absolute Gasteiger partial charge is 0.376 e. The predicted octanol–water partition coefficient (Wildman–Crippen LogP) is 5.03. The molecule has 0 radical (unpaired) electrons. The molecule has 0 aliphatic heterocycles. The minimum absolute atomic E-state index is 0.0475. The van der Waals surface area contributed by atoms with Crippen molar-refractivity contribution in [2.75, 3.05) is 17.2 Å². The van der Waals surface area contributed by atoms with Crippen molar-refractivity contribution in [2.45, 2.75) is 20.0 Å². The van der Waals surface area contributed by atoms with Gasteiger partial charge in [-0.2, -0.15) is 13.2 Å². The zero-order chi connectivity index (χ0) is 17.9. The number of rotatable bonds is 4. The summed E-state index contributed by atoms with van der Waals surface area (Å²) in [5.41, 5.74) is 1.48. The van der Waals surface area contributed by atoms with Gasteiger partial charge in [0, 0.05) is 10.7 Å². The third-order valence-corrected chi connectivity index (χ3v) is 3.47. The van der Waals surface area contributed by atoms with Gasteiger partial charge in [0.2, 0.25) is 5.91 Å².